The molecule has 1 unspecified atom stereocenters. The fourth-order valence-corrected chi connectivity index (χ4v) is 6.50. The van der Waals surface area contributed by atoms with Crippen molar-refractivity contribution in [1.29, 1.82) is 0 Å². The molecule has 0 bridgehead atoms. The Morgan fingerprint density at radius 1 is 1.02 bits per heavy atom. The molecule has 0 aliphatic carbocycles. The molecule has 3 heterocycles. The van der Waals surface area contributed by atoms with E-state index in [1.807, 2.05) is 43.5 Å². The van der Waals surface area contributed by atoms with E-state index >= 15 is 0 Å². The summed E-state index contributed by atoms with van der Waals surface area (Å²) in [6.07, 6.45) is 1.83. The van der Waals surface area contributed by atoms with Crippen LogP contribution in [-0.2, 0) is 9.53 Å². The Labute approximate surface area is 257 Å². The van der Waals surface area contributed by atoms with E-state index in [4.69, 9.17) is 14.2 Å². The molecule has 1 N–H and O–H groups in total. The lowest BCUT2D eigenvalue weighted by atomic mass is 9.95. The van der Waals surface area contributed by atoms with E-state index in [2.05, 4.69) is 4.99 Å². The van der Waals surface area contributed by atoms with Gasteiger partial charge in [0.1, 0.15) is 0 Å². The van der Waals surface area contributed by atoms with Crippen LogP contribution in [-0.4, -0.2) is 46.5 Å². The van der Waals surface area contributed by atoms with Gasteiger partial charge in [-0.1, -0.05) is 17.4 Å². The first-order chi connectivity index (χ1) is 21.1. The van der Waals surface area contributed by atoms with Crippen LogP contribution in [0.3, 0.4) is 0 Å². The third kappa shape index (κ3) is 5.46. The van der Waals surface area contributed by atoms with Gasteiger partial charge in [-0.05, 0) is 94.3 Å². The summed E-state index contributed by atoms with van der Waals surface area (Å²) in [5.74, 6) is -0.498. The van der Waals surface area contributed by atoms with Crippen molar-refractivity contribution in [2.24, 2.45) is 4.99 Å². The van der Waals surface area contributed by atoms with Crippen LogP contribution in [0.1, 0.15) is 59.7 Å². The molecule has 228 valence electrons. The zero-order valence-corrected chi connectivity index (χ0v) is 26.2. The highest BCUT2D eigenvalue weighted by atomic mass is 32.1. The van der Waals surface area contributed by atoms with E-state index in [1.54, 1.807) is 57.4 Å². The summed E-state index contributed by atoms with van der Waals surface area (Å²) in [4.78, 5) is 43.8. The molecule has 1 aliphatic rings. The number of carbonyl (C=O) groups is 2. The number of ether oxygens (including phenoxy) is 3. The van der Waals surface area contributed by atoms with Crippen LogP contribution in [0.2, 0.25) is 0 Å². The van der Waals surface area contributed by atoms with E-state index in [0.717, 1.165) is 22.6 Å². The maximum absolute atomic E-state index is 14.1. The van der Waals surface area contributed by atoms with E-state index in [1.165, 1.54) is 15.9 Å². The van der Waals surface area contributed by atoms with Gasteiger partial charge >= 0.3 is 11.9 Å². The number of aromatic nitrogens is 2. The normalized spacial score (nSPS) is 14.7. The van der Waals surface area contributed by atoms with Crippen molar-refractivity contribution in [3.8, 4) is 17.2 Å². The summed E-state index contributed by atoms with van der Waals surface area (Å²) in [6.45, 7) is 9.82. The standard InChI is InChI=1S/C33H33N3O7S/c1-7-42-26-16-22(11-14-25(26)41-6)29-28(32(40)43-8-2)19(4)34-33-36(29)30(37)27(44-33)17-23-15-18(3)35(20(23)5)24-12-9-21(10-13-24)31(38)39/h9-17,29H,7-8H2,1-6H3,(H,38,39). The Kier molecular flexibility index (Phi) is 8.59. The number of thiazole rings is 1. The molecule has 44 heavy (non-hydrogen) atoms. The number of hydrogen-bond acceptors (Lipinski definition) is 8. The fourth-order valence-electron chi connectivity index (χ4n) is 5.46. The van der Waals surface area contributed by atoms with Gasteiger partial charge in [0.05, 0.1) is 47.7 Å². The Balaban J connectivity index is 1.67. The summed E-state index contributed by atoms with van der Waals surface area (Å²) >= 11 is 1.24. The van der Waals surface area contributed by atoms with Crippen molar-refractivity contribution in [2.45, 2.75) is 40.7 Å². The number of aryl methyl sites for hydroxylation is 1. The number of aromatic carboxylic acids is 1. The van der Waals surface area contributed by atoms with Crippen LogP contribution in [0.25, 0.3) is 11.8 Å². The highest BCUT2D eigenvalue weighted by molar-refractivity contribution is 7.07. The van der Waals surface area contributed by atoms with Gasteiger partial charge in [0.2, 0.25) is 0 Å². The van der Waals surface area contributed by atoms with Gasteiger partial charge in [-0.15, -0.1) is 0 Å². The van der Waals surface area contributed by atoms with Crippen LogP contribution in [0, 0.1) is 13.8 Å². The Hall–Kier alpha value is -4.90. The summed E-state index contributed by atoms with van der Waals surface area (Å²) in [6, 6.07) is 13.2. The van der Waals surface area contributed by atoms with Gasteiger partial charge in [-0.3, -0.25) is 9.36 Å². The molecule has 1 aliphatic heterocycles. The smallest absolute Gasteiger partial charge is 0.338 e. The predicted octanol–water partition coefficient (Wildman–Crippen LogP) is 4.31. The molecule has 0 saturated carbocycles. The maximum atomic E-state index is 14.1. The molecule has 10 nitrogen and oxygen atoms in total. The number of hydrogen-bond donors (Lipinski definition) is 1. The van der Waals surface area contributed by atoms with Crippen molar-refractivity contribution < 1.29 is 28.9 Å². The molecule has 11 heteroatoms. The first-order valence-corrected chi connectivity index (χ1v) is 14.9. The van der Waals surface area contributed by atoms with Gasteiger partial charge in [-0.25, -0.2) is 14.6 Å². The summed E-state index contributed by atoms with van der Waals surface area (Å²) in [7, 11) is 1.55. The quantitative estimate of drug-likeness (QED) is 0.279. The largest absolute Gasteiger partial charge is 0.493 e. The lowest BCUT2D eigenvalue weighted by Gasteiger charge is -2.25. The molecule has 4 aromatic rings. The fraction of sp³-hybridized carbons (Fsp3) is 0.273. The monoisotopic (exact) mass is 615 g/mol. The van der Waals surface area contributed by atoms with Crippen molar-refractivity contribution in [1.82, 2.24) is 9.13 Å². The number of fused-ring (bicyclic) bond motifs is 1. The second-order valence-electron chi connectivity index (χ2n) is 10.2. The number of carboxylic acid groups (broad SMARTS) is 1. The average Bonchev–Trinajstić information content (AvgIpc) is 3.45. The Morgan fingerprint density at radius 3 is 2.39 bits per heavy atom. The molecule has 0 spiro atoms. The van der Waals surface area contributed by atoms with Crippen LogP contribution < -0.4 is 24.4 Å². The van der Waals surface area contributed by atoms with Crippen molar-refractivity contribution in [2.75, 3.05) is 20.3 Å². The number of esters is 1. The summed E-state index contributed by atoms with van der Waals surface area (Å²) in [5, 5.41) is 9.27. The van der Waals surface area contributed by atoms with Crippen LogP contribution in [0.4, 0.5) is 0 Å². The van der Waals surface area contributed by atoms with Gasteiger partial charge in [0.15, 0.2) is 16.3 Å². The number of rotatable bonds is 9. The SMILES string of the molecule is CCOC(=O)C1=C(C)N=c2sc(=Cc3cc(C)n(-c4ccc(C(=O)O)cc4)c3C)c(=O)n2C1c1ccc(OC)c(OCC)c1. The summed E-state index contributed by atoms with van der Waals surface area (Å²) < 4.78 is 20.7. The van der Waals surface area contributed by atoms with Gasteiger partial charge in [-0.2, -0.15) is 0 Å². The van der Waals surface area contributed by atoms with Gasteiger partial charge in [0.25, 0.3) is 5.56 Å². The number of carbonyl (C=O) groups excluding carboxylic acids is 1. The second kappa shape index (κ2) is 12.4. The molecule has 2 aromatic carbocycles. The number of carboxylic acids is 1. The van der Waals surface area contributed by atoms with E-state index in [9.17, 15) is 19.5 Å². The first kappa shape index (κ1) is 30.6. The third-order valence-corrected chi connectivity index (χ3v) is 8.43. The topological polar surface area (TPSA) is 121 Å². The molecule has 0 saturated heterocycles. The molecule has 0 amide bonds. The predicted molar refractivity (Wildman–Crippen MR) is 167 cm³/mol. The highest BCUT2D eigenvalue weighted by Crippen LogP contribution is 2.36. The highest BCUT2D eigenvalue weighted by Gasteiger charge is 2.34. The van der Waals surface area contributed by atoms with Crippen LogP contribution >= 0.6 is 11.3 Å². The lowest BCUT2D eigenvalue weighted by molar-refractivity contribution is -0.139. The second-order valence-corrected chi connectivity index (χ2v) is 11.2. The maximum Gasteiger partial charge on any atom is 0.338 e. The summed E-state index contributed by atoms with van der Waals surface area (Å²) in [5.41, 5.74) is 4.76. The van der Waals surface area contributed by atoms with Crippen molar-refractivity contribution >= 4 is 29.4 Å². The minimum Gasteiger partial charge on any atom is -0.493 e. The van der Waals surface area contributed by atoms with Gasteiger partial charge in [0, 0.05) is 17.1 Å². The van der Waals surface area contributed by atoms with E-state index in [0.29, 0.717) is 38.7 Å². The molecule has 0 fully saturated rings. The number of methoxy groups -OCH3 is 1. The number of benzene rings is 2. The Morgan fingerprint density at radius 2 is 1.75 bits per heavy atom. The van der Waals surface area contributed by atoms with Crippen molar-refractivity contribution in [3.63, 3.8) is 0 Å². The van der Waals surface area contributed by atoms with E-state index in [-0.39, 0.29) is 23.3 Å². The first-order valence-electron chi connectivity index (χ1n) is 14.1. The molecule has 2 aromatic heterocycles. The lowest BCUT2D eigenvalue weighted by Crippen LogP contribution is -2.40. The van der Waals surface area contributed by atoms with Crippen LogP contribution in [0.5, 0.6) is 11.5 Å². The Bertz CT molecular complexity index is 1980. The average molecular weight is 616 g/mol. The molecular weight excluding hydrogens is 582 g/mol. The number of nitrogens with zero attached hydrogens (tertiary/aromatic N) is 3. The van der Waals surface area contributed by atoms with Crippen LogP contribution in [0.15, 0.2) is 69.6 Å². The zero-order valence-electron chi connectivity index (χ0n) is 25.3. The minimum absolute atomic E-state index is 0.175. The van der Waals surface area contributed by atoms with E-state index < -0.39 is 18.0 Å². The van der Waals surface area contributed by atoms with Gasteiger partial charge < -0.3 is 23.9 Å². The molecule has 5 rings (SSSR count). The molecule has 1 atom stereocenters. The van der Waals surface area contributed by atoms with Crippen molar-refractivity contribution in [3.05, 3.63) is 108 Å². The minimum atomic E-state index is -0.989. The zero-order chi connectivity index (χ0) is 31.7. The third-order valence-electron chi connectivity index (χ3n) is 7.45. The number of allylic oxidation sites excluding steroid dienone is 1. The molecule has 0 radical (unpaired) electrons. The molecular formula is C33H33N3O7S.